The maximum absolute atomic E-state index is 5.50. The quantitative estimate of drug-likeness (QED) is 0.638. The number of aromatic nitrogens is 1. The zero-order chi connectivity index (χ0) is 13.7. The topological polar surface area (TPSA) is 54.2 Å². The average Bonchev–Trinajstić information content (AvgIpc) is 2.46. The molecule has 19 heavy (non-hydrogen) atoms. The van der Waals surface area contributed by atoms with Gasteiger partial charge in [-0.15, -0.1) is 0 Å². The van der Waals surface area contributed by atoms with Crippen molar-refractivity contribution >= 4 is 11.5 Å². The van der Waals surface area contributed by atoms with Crippen LogP contribution in [0.25, 0.3) is 0 Å². The van der Waals surface area contributed by atoms with Gasteiger partial charge in [0.25, 0.3) is 0 Å². The molecule has 0 spiro atoms. The van der Waals surface area contributed by atoms with Crippen molar-refractivity contribution < 1.29 is 0 Å². The Morgan fingerprint density at radius 3 is 2.58 bits per heavy atom. The monoisotopic (exact) mass is 256 g/mol. The Labute approximate surface area is 114 Å². The highest BCUT2D eigenvalue weighted by molar-refractivity contribution is 5.51. The molecule has 0 saturated heterocycles. The third kappa shape index (κ3) is 3.23. The molecule has 0 aliphatic carbocycles. The molecule has 100 valence electrons. The molecule has 1 aromatic carbocycles. The molecule has 0 fully saturated rings. The number of rotatable bonds is 5. The fourth-order valence-electron chi connectivity index (χ4n) is 2.04. The number of nitrogens with two attached hydrogens (primary N) is 1. The first kappa shape index (κ1) is 13.4. The van der Waals surface area contributed by atoms with Crippen LogP contribution in [0.15, 0.2) is 42.6 Å². The predicted octanol–water partition coefficient (Wildman–Crippen LogP) is 2.70. The van der Waals surface area contributed by atoms with Crippen molar-refractivity contribution in [2.24, 2.45) is 5.84 Å². The lowest BCUT2D eigenvalue weighted by Gasteiger charge is -2.24. The third-order valence-corrected chi connectivity index (χ3v) is 3.17. The number of benzene rings is 1. The minimum Gasteiger partial charge on any atom is -0.367 e. The highest BCUT2D eigenvalue weighted by Crippen LogP contribution is 2.20. The molecule has 1 aromatic heterocycles. The van der Waals surface area contributed by atoms with Crippen molar-refractivity contribution in [1.82, 2.24) is 4.98 Å². The summed E-state index contributed by atoms with van der Waals surface area (Å²) in [4.78, 5) is 6.52. The molecule has 0 bridgehead atoms. The van der Waals surface area contributed by atoms with Gasteiger partial charge in [-0.1, -0.05) is 23.8 Å². The van der Waals surface area contributed by atoms with E-state index in [-0.39, 0.29) is 0 Å². The van der Waals surface area contributed by atoms with E-state index in [4.69, 9.17) is 5.84 Å². The lowest BCUT2D eigenvalue weighted by atomic mass is 10.2. The number of nitrogens with zero attached hydrogens (tertiary/aromatic N) is 2. The van der Waals surface area contributed by atoms with Crippen LogP contribution in [-0.4, -0.2) is 11.5 Å². The fourth-order valence-corrected chi connectivity index (χ4v) is 2.04. The maximum Gasteiger partial charge on any atom is 0.144 e. The van der Waals surface area contributed by atoms with Crippen molar-refractivity contribution in [2.45, 2.75) is 20.4 Å². The van der Waals surface area contributed by atoms with Gasteiger partial charge in [-0.05, 0) is 32.0 Å². The summed E-state index contributed by atoms with van der Waals surface area (Å²) in [5.74, 6) is 6.23. The molecule has 0 unspecified atom stereocenters. The standard InChI is InChI=1S/C15H20N4/c1-3-19(14-8-6-12(2)7-9-14)11-13-5-4-10-17-15(13)18-16/h4-10H,3,11,16H2,1-2H3,(H,17,18). The zero-order valence-electron chi connectivity index (χ0n) is 11.4. The second kappa shape index (κ2) is 6.20. The summed E-state index contributed by atoms with van der Waals surface area (Å²) in [6.07, 6.45) is 1.74. The molecule has 3 N–H and O–H groups in total. The van der Waals surface area contributed by atoms with E-state index in [1.54, 1.807) is 6.20 Å². The fraction of sp³-hybridized carbons (Fsp3) is 0.267. The van der Waals surface area contributed by atoms with Crippen molar-refractivity contribution in [3.05, 3.63) is 53.7 Å². The van der Waals surface area contributed by atoms with Crippen LogP contribution in [0.3, 0.4) is 0 Å². The van der Waals surface area contributed by atoms with Gasteiger partial charge in [0, 0.05) is 30.5 Å². The van der Waals surface area contributed by atoms with Crippen LogP contribution in [0.4, 0.5) is 11.5 Å². The predicted molar refractivity (Wildman–Crippen MR) is 80.0 cm³/mol. The summed E-state index contributed by atoms with van der Waals surface area (Å²) in [7, 11) is 0. The average molecular weight is 256 g/mol. The second-order valence-corrected chi connectivity index (χ2v) is 4.51. The van der Waals surface area contributed by atoms with E-state index in [1.165, 1.54) is 11.3 Å². The Balaban J connectivity index is 2.21. The Morgan fingerprint density at radius 1 is 1.21 bits per heavy atom. The molecule has 1 heterocycles. The van der Waals surface area contributed by atoms with E-state index in [2.05, 4.69) is 53.4 Å². The highest BCUT2D eigenvalue weighted by Gasteiger charge is 2.08. The second-order valence-electron chi connectivity index (χ2n) is 4.51. The summed E-state index contributed by atoms with van der Waals surface area (Å²) in [5, 5.41) is 0. The smallest absolute Gasteiger partial charge is 0.144 e. The molecule has 0 radical (unpaired) electrons. The largest absolute Gasteiger partial charge is 0.367 e. The molecule has 4 heteroatoms. The van der Waals surface area contributed by atoms with Gasteiger partial charge in [0.1, 0.15) is 5.82 Å². The molecule has 0 aliphatic heterocycles. The maximum atomic E-state index is 5.50. The molecular formula is C15H20N4. The van der Waals surface area contributed by atoms with Crippen LogP contribution in [-0.2, 0) is 6.54 Å². The van der Waals surface area contributed by atoms with Gasteiger partial charge in [-0.2, -0.15) is 0 Å². The van der Waals surface area contributed by atoms with Gasteiger partial charge in [0.05, 0.1) is 0 Å². The number of nitrogens with one attached hydrogen (secondary N) is 1. The van der Waals surface area contributed by atoms with E-state index < -0.39 is 0 Å². The Bertz CT molecular complexity index is 522. The van der Waals surface area contributed by atoms with Crippen LogP contribution >= 0.6 is 0 Å². The van der Waals surface area contributed by atoms with Gasteiger partial charge in [-0.25, -0.2) is 10.8 Å². The molecular weight excluding hydrogens is 236 g/mol. The minimum atomic E-state index is 0.730. The molecule has 4 nitrogen and oxygen atoms in total. The van der Waals surface area contributed by atoms with Gasteiger partial charge in [0.15, 0.2) is 0 Å². The van der Waals surface area contributed by atoms with Gasteiger partial charge in [-0.3, -0.25) is 0 Å². The summed E-state index contributed by atoms with van der Waals surface area (Å²) < 4.78 is 0. The Hall–Kier alpha value is -2.07. The number of pyridine rings is 1. The number of anilines is 2. The van der Waals surface area contributed by atoms with E-state index >= 15 is 0 Å². The summed E-state index contributed by atoms with van der Waals surface area (Å²) in [6.45, 7) is 5.96. The van der Waals surface area contributed by atoms with Crippen molar-refractivity contribution in [3.8, 4) is 0 Å². The number of aryl methyl sites for hydroxylation is 1. The SMILES string of the molecule is CCN(Cc1cccnc1NN)c1ccc(C)cc1. The van der Waals surface area contributed by atoms with Crippen molar-refractivity contribution in [3.63, 3.8) is 0 Å². The van der Waals surface area contributed by atoms with Crippen LogP contribution in [0, 0.1) is 6.92 Å². The first-order valence-electron chi connectivity index (χ1n) is 6.46. The molecule has 2 aromatic rings. The number of hydrogen-bond donors (Lipinski definition) is 2. The lowest BCUT2D eigenvalue weighted by Crippen LogP contribution is -2.23. The Morgan fingerprint density at radius 2 is 1.95 bits per heavy atom. The molecule has 0 saturated carbocycles. The van der Waals surface area contributed by atoms with E-state index in [9.17, 15) is 0 Å². The summed E-state index contributed by atoms with van der Waals surface area (Å²) >= 11 is 0. The number of hydrazine groups is 1. The molecule has 0 amide bonds. The van der Waals surface area contributed by atoms with Crippen LogP contribution in [0.1, 0.15) is 18.1 Å². The molecule has 2 rings (SSSR count). The zero-order valence-corrected chi connectivity index (χ0v) is 11.4. The summed E-state index contributed by atoms with van der Waals surface area (Å²) in [6, 6.07) is 12.5. The summed E-state index contributed by atoms with van der Waals surface area (Å²) in [5.41, 5.74) is 6.22. The number of nitrogen functional groups attached to an aromatic ring is 1. The number of hydrogen-bond acceptors (Lipinski definition) is 4. The van der Waals surface area contributed by atoms with Crippen molar-refractivity contribution in [1.29, 1.82) is 0 Å². The van der Waals surface area contributed by atoms with E-state index in [1.807, 2.05) is 12.1 Å². The van der Waals surface area contributed by atoms with Crippen molar-refractivity contribution in [2.75, 3.05) is 16.9 Å². The molecule has 0 aliphatic rings. The van der Waals surface area contributed by atoms with Crippen LogP contribution < -0.4 is 16.2 Å². The van der Waals surface area contributed by atoms with E-state index in [0.717, 1.165) is 24.5 Å². The van der Waals surface area contributed by atoms with Gasteiger partial charge in [0.2, 0.25) is 0 Å². The normalized spacial score (nSPS) is 10.3. The molecule has 0 atom stereocenters. The van der Waals surface area contributed by atoms with Gasteiger partial charge >= 0.3 is 0 Å². The third-order valence-electron chi connectivity index (χ3n) is 3.17. The first-order chi connectivity index (χ1) is 9.24. The lowest BCUT2D eigenvalue weighted by molar-refractivity contribution is 0.828. The Kier molecular flexibility index (Phi) is 4.36. The van der Waals surface area contributed by atoms with Crippen LogP contribution in [0.2, 0.25) is 0 Å². The van der Waals surface area contributed by atoms with E-state index in [0.29, 0.717) is 0 Å². The highest BCUT2D eigenvalue weighted by atomic mass is 15.3. The van der Waals surface area contributed by atoms with Crippen LogP contribution in [0.5, 0.6) is 0 Å². The van der Waals surface area contributed by atoms with Gasteiger partial charge < -0.3 is 10.3 Å². The minimum absolute atomic E-state index is 0.730. The first-order valence-corrected chi connectivity index (χ1v) is 6.46.